The third kappa shape index (κ3) is 2.13. The number of anilines is 1. The lowest BCUT2D eigenvalue weighted by atomic mass is 10.1. The molecular weight excluding hydrogens is 176 g/mol. The quantitative estimate of drug-likeness (QED) is 0.560. The Kier molecular flexibility index (Phi) is 3.29. The molecular formula is C11H14N2O. The van der Waals surface area contributed by atoms with Gasteiger partial charge in [-0.05, 0) is 18.6 Å². The standard InChI is InChI=1S/C11H14N2O/c1-3-7-13-11(14)9-6-4-5-8(2)10(9)12/h3-6H,1,7,12H2,2H3,(H,13,14). The number of nitrogen functional groups attached to an aromatic ring is 1. The molecule has 74 valence electrons. The van der Waals surface area contributed by atoms with Gasteiger partial charge in [-0.15, -0.1) is 6.58 Å². The molecule has 0 heterocycles. The molecule has 0 aliphatic carbocycles. The molecule has 1 rings (SSSR count). The average molecular weight is 190 g/mol. The molecule has 0 saturated carbocycles. The van der Waals surface area contributed by atoms with E-state index in [9.17, 15) is 4.79 Å². The van der Waals surface area contributed by atoms with E-state index in [4.69, 9.17) is 5.73 Å². The van der Waals surface area contributed by atoms with Crippen LogP contribution in [0, 0.1) is 6.92 Å². The van der Waals surface area contributed by atoms with Crippen molar-refractivity contribution in [3.8, 4) is 0 Å². The Hall–Kier alpha value is -1.77. The van der Waals surface area contributed by atoms with Crippen molar-refractivity contribution in [2.24, 2.45) is 0 Å². The van der Waals surface area contributed by atoms with Crippen LogP contribution in [0.1, 0.15) is 15.9 Å². The first-order valence-electron chi connectivity index (χ1n) is 4.41. The first-order valence-corrected chi connectivity index (χ1v) is 4.41. The molecule has 0 unspecified atom stereocenters. The van der Waals surface area contributed by atoms with Crippen molar-refractivity contribution >= 4 is 11.6 Å². The molecule has 0 fully saturated rings. The van der Waals surface area contributed by atoms with Gasteiger partial charge in [0.15, 0.2) is 0 Å². The summed E-state index contributed by atoms with van der Waals surface area (Å²) in [6, 6.07) is 5.40. The van der Waals surface area contributed by atoms with Gasteiger partial charge in [-0.2, -0.15) is 0 Å². The Balaban J connectivity index is 2.89. The molecule has 14 heavy (non-hydrogen) atoms. The molecule has 0 aliphatic rings. The maximum absolute atomic E-state index is 11.5. The number of hydrogen-bond donors (Lipinski definition) is 2. The second kappa shape index (κ2) is 4.46. The third-order valence-electron chi connectivity index (χ3n) is 1.98. The van der Waals surface area contributed by atoms with Gasteiger partial charge in [-0.3, -0.25) is 4.79 Å². The molecule has 1 aromatic rings. The minimum Gasteiger partial charge on any atom is -0.398 e. The number of nitrogens with one attached hydrogen (secondary N) is 1. The van der Waals surface area contributed by atoms with Gasteiger partial charge in [0.1, 0.15) is 0 Å². The lowest BCUT2D eigenvalue weighted by Gasteiger charge is -2.07. The minimum atomic E-state index is -0.161. The van der Waals surface area contributed by atoms with Crippen LogP contribution >= 0.6 is 0 Å². The van der Waals surface area contributed by atoms with E-state index >= 15 is 0 Å². The van der Waals surface area contributed by atoms with Crippen LogP contribution in [0.4, 0.5) is 5.69 Å². The zero-order chi connectivity index (χ0) is 10.6. The number of benzene rings is 1. The largest absolute Gasteiger partial charge is 0.398 e. The van der Waals surface area contributed by atoms with Crippen LogP contribution in [-0.4, -0.2) is 12.5 Å². The van der Waals surface area contributed by atoms with Gasteiger partial charge in [0.25, 0.3) is 5.91 Å². The number of carbonyl (C=O) groups excluding carboxylic acids is 1. The summed E-state index contributed by atoms with van der Waals surface area (Å²) in [5.41, 5.74) is 7.74. The lowest BCUT2D eigenvalue weighted by molar-refractivity contribution is 0.0959. The first-order chi connectivity index (χ1) is 6.66. The molecule has 0 aliphatic heterocycles. The van der Waals surface area contributed by atoms with Crippen LogP contribution in [-0.2, 0) is 0 Å². The number of hydrogen-bond acceptors (Lipinski definition) is 2. The second-order valence-corrected chi connectivity index (χ2v) is 3.03. The van der Waals surface area contributed by atoms with E-state index in [2.05, 4.69) is 11.9 Å². The Bertz CT molecular complexity index is 358. The van der Waals surface area contributed by atoms with Crippen LogP contribution in [0.15, 0.2) is 30.9 Å². The molecule has 0 bridgehead atoms. The fraction of sp³-hybridized carbons (Fsp3) is 0.182. The van der Waals surface area contributed by atoms with Gasteiger partial charge >= 0.3 is 0 Å². The van der Waals surface area contributed by atoms with E-state index < -0.39 is 0 Å². The predicted octanol–water partition coefficient (Wildman–Crippen LogP) is 1.49. The Morgan fingerprint density at radius 3 is 3.00 bits per heavy atom. The van der Waals surface area contributed by atoms with Crippen molar-refractivity contribution in [2.75, 3.05) is 12.3 Å². The number of nitrogens with two attached hydrogens (primary N) is 1. The highest BCUT2D eigenvalue weighted by Gasteiger charge is 2.08. The van der Waals surface area contributed by atoms with Gasteiger partial charge in [0.05, 0.1) is 5.56 Å². The van der Waals surface area contributed by atoms with E-state index in [1.54, 1.807) is 12.1 Å². The van der Waals surface area contributed by atoms with Crippen LogP contribution in [0.2, 0.25) is 0 Å². The molecule has 0 saturated heterocycles. The fourth-order valence-corrected chi connectivity index (χ4v) is 1.14. The Morgan fingerprint density at radius 1 is 1.64 bits per heavy atom. The molecule has 1 aromatic carbocycles. The highest BCUT2D eigenvalue weighted by molar-refractivity contribution is 5.99. The van der Waals surface area contributed by atoms with Crippen LogP contribution in [0.3, 0.4) is 0 Å². The molecule has 3 heteroatoms. The summed E-state index contributed by atoms with van der Waals surface area (Å²) < 4.78 is 0. The number of aryl methyl sites for hydroxylation is 1. The smallest absolute Gasteiger partial charge is 0.253 e. The zero-order valence-electron chi connectivity index (χ0n) is 8.21. The number of rotatable bonds is 3. The highest BCUT2D eigenvalue weighted by Crippen LogP contribution is 2.15. The summed E-state index contributed by atoms with van der Waals surface area (Å²) >= 11 is 0. The monoisotopic (exact) mass is 190 g/mol. The first kappa shape index (κ1) is 10.3. The molecule has 0 aromatic heterocycles. The van der Waals surface area contributed by atoms with Crippen LogP contribution in [0.5, 0.6) is 0 Å². The summed E-state index contributed by atoms with van der Waals surface area (Å²) in [4.78, 5) is 11.5. The van der Waals surface area contributed by atoms with Crippen molar-refractivity contribution in [3.63, 3.8) is 0 Å². The van der Waals surface area contributed by atoms with Crippen LogP contribution in [0.25, 0.3) is 0 Å². The molecule has 0 spiro atoms. The third-order valence-corrected chi connectivity index (χ3v) is 1.98. The van der Waals surface area contributed by atoms with Crippen molar-refractivity contribution in [3.05, 3.63) is 42.0 Å². The summed E-state index contributed by atoms with van der Waals surface area (Å²) in [6.07, 6.45) is 1.63. The minimum absolute atomic E-state index is 0.161. The topological polar surface area (TPSA) is 55.1 Å². The molecule has 3 N–H and O–H groups in total. The Labute approximate surface area is 83.6 Å². The van der Waals surface area contributed by atoms with Crippen LogP contribution < -0.4 is 11.1 Å². The lowest BCUT2D eigenvalue weighted by Crippen LogP contribution is -2.24. The Morgan fingerprint density at radius 2 is 2.36 bits per heavy atom. The van der Waals surface area contributed by atoms with Crippen molar-refractivity contribution < 1.29 is 4.79 Å². The fourth-order valence-electron chi connectivity index (χ4n) is 1.14. The summed E-state index contributed by atoms with van der Waals surface area (Å²) in [5, 5.41) is 2.68. The van der Waals surface area contributed by atoms with E-state index in [0.717, 1.165) is 5.56 Å². The normalized spacial score (nSPS) is 9.50. The summed E-state index contributed by atoms with van der Waals surface area (Å²) in [5.74, 6) is -0.161. The van der Waals surface area contributed by atoms with E-state index in [1.807, 2.05) is 19.1 Å². The highest BCUT2D eigenvalue weighted by atomic mass is 16.1. The number of para-hydroxylation sites is 1. The van der Waals surface area contributed by atoms with Gasteiger partial charge in [-0.25, -0.2) is 0 Å². The van der Waals surface area contributed by atoms with Gasteiger partial charge in [-0.1, -0.05) is 18.2 Å². The number of carbonyl (C=O) groups is 1. The average Bonchev–Trinajstić information content (AvgIpc) is 2.18. The maximum Gasteiger partial charge on any atom is 0.253 e. The summed E-state index contributed by atoms with van der Waals surface area (Å²) in [7, 11) is 0. The van der Waals surface area contributed by atoms with E-state index in [1.165, 1.54) is 0 Å². The van der Waals surface area contributed by atoms with E-state index in [0.29, 0.717) is 17.8 Å². The molecule has 3 nitrogen and oxygen atoms in total. The zero-order valence-corrected chi connectivity index (χ0v) is 8.21. The summed E-state index contributed by atoms with van der Waals surface area (Å²) in [6.45, 7) is 5.85. The number of amides is 1. The molecule has 1 amide bonds. The van der Waals surface area contributed by atoms with E-state index in [-0.39, 0.29) is 5.91 Å². The van der Waals surface area contributed by atoms with Gasteiger partial charge < -0.3 is 11.1 Å². The van der Waals surface area contributed by atoms with Crippen molar-refractivity contribution in [2.45, 2.75) is 6.92 Å². The SMILES string of the molecule is C=CCNC(=O)c1cccc(C)c1N. The molecule has 0 radical (unpaired) electrons. The van der Waals surface area contributed by atoms with Gasteiger partial charge in [0.2, 0.25) is 0 Å². The second-order valence-electron chi connectivity index (χ2n) is 3.03. The molecule has 0 atom stereocenters. The van der Waals surface area contributed by atoms with Crippen molar-refractivity contribution in [1.82, 2.24) is 5.32 Å². The maximum atomic E-state index is 11.5. The predicted molar refractivity (Wildman–Crippen MR) is 58.1 cm³/mol. The van der Waals surface area contributed by atoms with Gasteiger partial charge in [0, 0.05) is 12.2 Å². The van der Waals surface area contributed by atoms with Crippen molar-refractivity contribution in [1.29, 1.82) is 0 Å².